The summed E-state index contributed by atoms with van der Waals surface area (Å²) in [4.78, 5) is 13.0. The molecule has 0 aromatic heterocycles. The van der Waals surface area contributed by atoms with Gasteiger partial charge in [0.25, 0.3) is 0 Å². The van der Waals surface area contributed by atoms with Crippen LogP contribution in [0.1, 0.15) is 46.0 Å². The number of hydrogen-bond acceptors (Lipinski definition) is 2. The van der Waals surface area contributed by atoms with Crippen molar-refractivity contribution in [2.45, 2.75) is 40.0 Å². The second-order valence-electron chi connectivity index (χ2n) is 7.62. The van der Waals surface area contributed by atoms with E-state index in [1.807, 2.05) is 6.92 Å². The van der Waals surface area contributed by atoms with E-state index in [0.717, 1.165) is 30.4 Å². The minimum absolute atomic E-state index is 0.234. The molecule has 3 aromatic rings. The summed E-state index contributed by atoms with van der Waals surface area (Å²) in [5.41, 5.74) is 10.3. The lowest BCUT2D eigenvalue weighted by atomic mass is 9.86. The molecule has 0 N–H and O–H groups in total. The summed E-state index contributed by atoms with van der Waals surface area (Å²) in [5, 5.41) is 0. The molecule has 2 heteroatoms. The Hall–Kier alpha value is -2.87. The lowest BCUT2D eigenvalue weighted by Crippen LogP contribution is -2.09. The van der Waals surface area contributed by atoms with Crippen LogP contribution in [-0.2, 0) is 17.6 Å². The summed E-state index contributed by atoms with van der Waals surface area (Å²) in [6.07, 6.45) is 3.18. The van der Waals surface area contributed by atoms with Gasteiger partial charge >= 0.3 is 5.97 Å². The summed E-state index contributed by atoms with van der Waals surface area (Å²) >= 11 is 0. The lowest BCUT2D eigenvalue weighted by molar-refractivity contribution is 0.0527. The van der Waals surface area contributed by atoms with Crippen molar-refractivity contribution in [3.05, 3.63) is 82.4 Å². The molecular weight excluding hydrogens is 344 g/mol. The van der Waals surface area contributed by atoms with Crippen LogP contribution in [0.4, 0.5) is 0 Å². The van der Waals surface area contributed by atoms with Crippen LogP contribution in [0, 0.1) is 13.8 Å². The molecule has 3 aromatic carbocycles. The first-order valence-electron chi connectivity index (χ1n) is 10.1. The zero-order chi connectivity index (χ0) is 19.7. The fourth-order valence-electron chi connectivity index (χ4n) is 4.35. The average molecular weight is 370 g/mol. The molecular formula is C26H26O2. The molecule has 0 atom stereocenters. The summed E-state index contributed by atoms with van der Waals surface area (Å²) in [7, 11) is 0. The Morgan fingerprint density at radius 2 is 1.54 bits per heavy atom. The van der Waals surface area contributed by atoms with Gasteiger partial charge in [-0.1, -0.05) is 59.7 Å². The van der Waals surface area contributed by atoms with Crippen molar-refractivity contribution in [2.24, 2.45) is 0 Å². The maximum absolute atomic E-state index is 13.0. The van der Waals surface area contributed by atoms with E-state index in [9.17, 15) is 4.79 Å². The van der Waals surface area contributed by atoms with Gasteiger partial charge in [0, 0.05) is 0 Å². The molecule has 0 unspecified atom stereocenters. The minimum atomic E-state index is -0.234. The van der Waals surface area contributed by atoms with Crippen LogP contribution in [-0.4, -0.2) is 12.6 Å². The molecule has 4 rings (SSSR count). The highest BCUT2D eigenvalue weighted by molar-refractivity contribution is 6.01. The van der Waals surface area contributed by atoms with Gasteiger partial charge in [0.2, 0.25) is 0 Å². The molecule has 1 aliphatic carbocycles. The van der Waals surface area contributed by atoms with Crippen molar-refractivity contribution >= 4 is 5.97 Å². The SMILES string of the molecule is CCOC(=O)c1cc(-c2cccc(C)c2)c2c(c1-c1cccc(C)c1)CCC2. The highest BCUT2D eigenvalue weighted by Gasteiger charge is 2.26. The first-order chi connectivity index (χ1) is 13.6. The number of ether oxygens (including phenoxy) is 1. The van der Waals surface area contributed by atoms with Gasteiger partial charge in [0.15, 0.2) is 0 Å². The van der Waals surface area contributed by atoms with Crippen molar-refractivity contribution in [3.8, 4) is 22.3 Å². The standard InChI is InChI=1S/C26H26O2/c1-4-28-26(27)24-16-23(19-10-5-8-17(2)14-19)21-12-7-13-22(21)25(24)20-11-6-9-18(3)15-20/h5-6,8-11,14-16H,4,7,12-13H2,1-3H3. The Morgan fingerprint density at radius 1 is 0.893 bits per heavy atom. The van der Waals surface area contributed by atoms with Gasteiger partial charge in [-0.3, -0.25) is 0 Å². The fourth-order valence-corrected chi connectivity index (χ4v) is 4.35. The molecule has 142 valence electrons. The van der Waals surface area contributed by atoms with E-state index in [-0.39, 0.29) is 5.97 Å². The number of carbonyl (C=O) groups excluding carboxylic acids is 1. The Labute approximate surface area is 167 Å². The predicted molar refractivity (Wildman–Crippen MR) is 115 cm³/mol. The maximum Gasteiger partial charge on any atom is 0.338 e. The maximum atomic E-state index is 13.0. The smallest absolute Gasteiger partial charge is 0.338 e. The molecule has 0 radical (unpaired) electrons. The van der Waals surface area contributed by atoms with Gasteiger partial charge in [-0.15, -0.1) is 0 Å². The molecule has 28 heavy (non-hydrogen) atoms. The molecule has 1 aliphatic rings. The molecule has 0 fully saturated rings. The first kappa shape index (κ1) is 18.5. The number of fused-ring (bicyclic) bond motifs is 1. The summed E-state index contributed by atoms with van der Waals surface area (Å²) in [6.45, 7) is 6.44. The molecule has 0 heterocycles. The minimum Gasteiger partial charge on any atom is -0.462 e. The normalized spacial score (nSPS) is 12.7. The van der Waals surface area contributed by atoms with Crippen molar-refractivity contribution in [3.63, 3.8) is 0 Å². The van der Waals surface area contributed by atoms with Crippen LogP contribution in [0.2, 0.25) is 0 Å². The number of esters is 1. The largest absolute Gasteiger partial charge is 0.462 e. The van der Waals surface area contributed by atoms with Crippen LogP contribution < -0.4 is 0 Å². The van der Waals surface area contributed by atoms with E-state index in [1.165, 1.54) is 33.4 Å². The number of benzene rings is 3. The van der Waals surface area contributed by atoms with Gasteiger partial charge in [0.1, 0.15) is 0 Å². The summed E-state index contributed by atoms with van der Waals surface area (Å²) < 4.78 is 5.46. The van der Waals surface area contributed by atoms with E-state index in [2.05, 4.69) is 68.4 Å². The van der Waals surface area contributed by atoms with Crippen molar-refractivity contribution in [1.29, 1.82) is 0 Å². The van der Waals surface area contributed by atoms with Crippen LogP contribution in [0.5, 0.6) is 0 Å². The molecule has 0 amide bonds. The Bertz CT molecular complexity index is 1050. The number of rotatable bonds is 4. The molecule has 0 saturated carbocycles. The van der Waals surface area contributed by atoms with Gasteiger partial charge in [0.05, 0.1) is 12.2 Å². The van der Waals surface area contributed by atoms with Crippen LogP contribution in [0.15, 0.2) is 54.6 Å². The Morgan fingerprint density at radius 3 is 2.21 bits per heavy atom. The first-order valence-corrected chi connectivity index (χ1v) is 10.1. The van der Waals surface area contributed by atoms with E-state index in [0.29, 0.717) is 12.2 Å². The summed E-state index contributed by atoms with van der Waals surface area (Å²) in [5.74, 6) is -0.234. The molecule has 0 spiro atoms. The van der Waals surface area contributed by atoms with Crippen molar-refractivity contribution in [1.82, 2.24) is 0 Å². The topological polar surface area (TPSA) is 26.3 Å². The van der Waals surface area contributed by atoms with Crippen LogP contribution >= 0.6 is 0 Å². The number of carbonyl (C=O) groups is 1. The van der Waals surface area contributed by atoms with E-state index in [1.54, 1.807) is 0 Å². The second-order valence-corrected chi connectivity index (χ2v) is 7.62. The summed E-state index contributed by atoms with van der Waals surface area (Å²) in [6, 6.07) is 19.0. The molecule has 2 nitrogen and oxygen atoms in total. The van der Waals surface area contributed by atoms with E-state index >= 15 is 0 Å². The lowest BCUT2D eigenvalue weighted by Gasteiger charge is -2.19. The zero-order valence-corrected chi connectivity index (χ0v) is 16.8. The Kier molecular flexibility index (Phi) is 5.04. The average Bonchev–Trinajstić information content (AvgIpc) is 3.16. The van der Waals surface area contributed by atoms with E-state index < -0.39 is 0 Å². The third-order valence-corrected chi connectivity index (χ3v) is 5.53. The molecule has 0 aliphatic heterocycles. The highest BCUT2D eigenvalue weighted by Crippen LogP contribution is 2.41. The van der Waals surface area contributed by atoms with Crippen LogP contribution in [0.25, 0.3) is 22.3 Å². The molecule has 0 saturated heterocycles. The quantitative estimate of drug-likeness (QED) is 0.504. The second kappa shape index (κ2) is 7.63. The fraction of sp³-hybridized carbons (Fsp3) is 0.269. The third-order valence-electron chi connectivity index (χ3n) is 5.53. The number of aryl methyl sites for hydroxylation is 2. The van der Waals surface area contributed by atoms with Crippen LogP contribution in [0.3, 0.4) is 0 Å². The third kappa shape index (κ3) is 3.35. The van der Waals surface area contributed by atoms with E-state index in [4.69, 9.17) is 4.74 Å². The number of hydrogen-bond donors (Lipinski definition) is 0. The van der Waals surface area contributed by atoms with Crippen molar-refractivity contribution in [2.75, 3.05) is 6.61 Å². The van der Waals surface area contributed by atoms with Gasteiger partial charge < -0.3 is 4.74 Å². The predicted octanol–water partition coefficient (Wildman–Crippen LogP) is 6.30. The highest BCUT2D eigenvalue weighted by atomic mass is 16.5. The monoisotopic (exact) mass is 370 g/mol. The van der Waals surface area contributed by atoms with Gasteiger partial charge in [-0.2, -0.15) is 0 Å². The zero-order valence-electron chi connectivity index (χ0n) is 16.8. The molecule has 0 bridgehead atoms. The van der Waals surface area contributed by atoms with Gasteiger partial charge in [-0.25, -0.2) is 4.79 Å². The van der Waals surface area contributed by atoms with Gasteiger partial charge in [-0.05, 0) is 79.5 Å². The van der Waals surface area contributed by atoms with Crippen molar-refractivity contribution < 1.29 is 9.53 Å². The Balaban J connectivity index is 2.01.